The molecule has 3 aliphatic heterocycles. The number of hydrogen-bond donors (Lipinski definition) is 1. The van der Waals surface area contributed by atoms with Gasteiger partial charge in [0, 0.05) is 18.5 Å². The van der Waals surface area contributed by atoms with E-state index in [-0.39, 0.29) is 68.7 Å². The number of ether oxygens (including phenoxy) is 4. The van der Waals surface area contributed by atoms with Crippen LogP contribution in [0, 0.1) is 22.9 Å². The quantitative estimate of drug-likeness (QED) is 0.0713. The van der Waals surface area contributed by atoms with Crippen molar-refractivity contribution in [1.29, 1.82) is 0 Å². The summed E-state index contributed by atoms with van der Waals surface area (Å²) in [6.45, 7) is -0.612. The number of fused-ring (bicyclic) bond motifs is 3. The highest BCUT2D eigenvalue weighted by Crippen LogP contribution is 2.38. The third-order valence-corrected chi connectivity index (χ3v) is 12.5. The van der Waals surface area contributed by atoms with Crippen molar-refractivity contribution in [2.45, 2.75) is 61.9 Å². The number of rotatable bonds is 16. The molecule has 12 nitrogen and oxygen atoms in total. The minimum atomic E-state index is -4.56. The van der Waals surface area contributed by atoms with Crippen molar-refractivity contribution < 1.29 is 54.9 Å². The van der Waals surface area contributed by atoms with E-state index in [2.05, 4.69) is 14.4 Å². The van der Waals surface area contributed by atoms with Gasteiger partial charge in [-0.05, 0) is 104 Å². The molecule has 3 saturated heterocycles. The fourth-order valence-corrected chi connectivity index (χ4v) is 8.86. The number of nitrogens with zero attached hydrogens (tertiary/aromatic N) is 2. The van der Waals surface area contributed by atoms with Gasteiger partial charge in [0.05, 0.1) is 17.1 Å². The van der Waals surface area contributed by atoms with Crippen LogP contribution in [0.3, 0.4) is 0 Å². The Bertz CT molecular complexity index is 2240. The Morgan fingerprint density at radius 2 is 1.62 bits per heavy atom. The Hall–Kier alpha value is -4.61. The number of nitrogens with one attached hydrogen (secondary N) is 1. The van der Waals surface area contributed by atoms with Crippen LogP contribution < -0.4 is 18.9 Å². The predicted octanol–water partition coefficient (Wildman–Crippen LogP) is 6.95. The molecule has 58 heavy (non-hydrogen) atoms. The molecule has 2 bridgehead atoms. The molecule has 0 radical (unpaired) electrons. The normalized spacial score (nSPS) is 20.0. The maximum absolute atomic E-state index is 13.9. The lowest BCUT2D eigenvalue weighted by Gasteiger charge is -2.44. The van der Waals surface area contributed by atoms with Crippen LogP contribution >= 0.6 is 23.2 Å². The third kappa shape index (κ3) is 10.1. The van der Waals surface area contributed by atoms with E-state index in [9.17, 15) is 36.4 Å². The highest BCUT2D eigenvalue weighted by molar-refractivity contribution is 7.89. The van der Waals surface area contributed by atoms with Crippen LogP contribution in [0.1, 0.15) is 64.9 Å². The van der Waals surface area contributed by atoms with Crippen LogP contribution in [-0.4, -0.2) is 64.2 Å². The summed E-state index contributed by atoms with van der Waals surface area (Å²) in [5, 5.41) is 11.9. The molecule has 1 saturated carbocycles. The van der Waals surface area contributed by atoms with Gasteiger partial charge in [0.25, 0.3) is 0 Å². The molecule has 308 valence electrons. The SMILES string of the molecule is O=C(O[C@@H](Cc1c(Cl)c[n+]([O-])cc1Cl)c1ccc(OC(F)F)c(OCC2CC2)c1)c1cccc(S(=O)(=O)NC(C(=O)O[C@H]2CN3CCC2CC3)c2ccc(F)cc2)c1. The molecule has 4 heterocycles. The van der Waals surface area contributed by atoms with Crippen LogP contribution in [0.15, 0.2) is 84.0 Å². The number of alkyl halides is 2. The predicted molar refractivity (Wildman–Crippen MR) is 204 cm³/mol. The van der Waals surface area contributed by atoms with Crippen molar-refractivity contribution in [3.63, 3.8) is 0 Å². The summed E-state index contributed by atoms with van der Waals surface area (Å²) in [5.41, 5.74) is 0.396. The number of carbonyl (C=O) groups is 2. The summed E-state index contributed by atoms with van der Waals surface area (Å²) in [5.74, 6) is -2.36. The van der Waals surface area contributed by atoms with E-state index in [1.165, 1.54) is 48.5 Å². The number of halogens is 5. The number of carbonyl (C=O) groups excluding carboxylic acids is 2. The standard InChI is InChI=1S/C40H38Cl2F3N3O9S/c41-31-19-48(51)20-32(42)30(31)18-34(26-8-11-33(57-40(44)45)35(17-26)54-22-23-4-5-23)55-38(49)27-2-1-3-29(16-27)58(52,53)46-37(25-6-9-28(43)10-7-25)39(50)56-36-21-47-14-12-24(36)13-15-47/h1-3,6-11,16-17,19-20,23-24,34,36-37,40,46H,4-5,12-15,18,21-22H2/t34-,36-,37?/m0/s1. The maximum atomic E-state index is 13.9. The van der Waals surface area contributed by atoms with Crippen molar-refractivity contribution in [1.82, 2.24) is 9.62 Å². The molecule has 0 spiro atoms. The molecule has 1 aromatic heterocycles. The Morgan fingerprint density at radius 1 is 0.931 bits per heavy atom. The second kappa shape index (κ2) is 17.7. The van der Waals surface area contributed by atoms with Gasteiger partial charge in [0.1, 0.15) is 34.1 Å². The summed E-state index contributed by atoms with van der Waals surface area (Å²) in [6, 6.07) is 12.1. The van der Waals surface area contributed by atoms with Gasteiger partial charge in [-0.15, -0.1) is 0 Å². The summed E-state index contributed by atoms with van der Waals surface area (Å²) in [6.07, 6.45) is 3.73. The van der Waals surface area contributed by atoms with Crippen molar-refractivity contribution in [2.75, 3.05) is 26.2 Å². The highest BCUT2D eigenvalue weighted by Gasteiger charge is 2.39. The monoisotopic (exact) mass is 863 g/mol. The first-order chi connectivity index (χ1) is 27.7. The lowest BCUT2D eigenvalue weighted by molar-refractivity contribution is -0.605. The average molecular weight is 865 g/mol. The maximum Gasteiger partial charge on any atom is 0.387 e. The van der Waals surface area contributed by atoms with Gasteiger partial charge in [-0.2, -0.15) is 18.2 Å². The van der Waals surface area contributed by atoms with Gasteiger partial charge in [-0.25, -0.2) is 22.4 Å². The molecule has 8 rings (SSSR count). The molecular formula is C40H38Cl2F3N3O9S. The second-order valence-corrected chi connectivity index (χ2v) is 17.0. The first-order valence-electron chi connectivity index (χ1n) is 18.5. The highest BCUT2D eigenvalue weighted by atomic mass is 35.5. The molecule has 1 N–H and O–H groups in total. The van der Waals surface area contributed by atoms with E-state index >= 15 is 0 Å². The van der Waals surface area contributed by atoms with Crippen molar-refractivity contribution >= 4 is 45.2 Å². The van der Waals surface area contributed by atoms with Gasteiger partial charge >= 0.3 is 18.6 Å². The Kier molecular flexibility index (Phi) is 12.7. The molecule has 3 atom stereocenters. The summed E-state index contributed by atoms with van der Waals surface area (Å²) < 4.78 is 93.5. The molecule has 1 unspecified atom stereocenters. The van der Waals surface area contributed by atoms with Gasteiger partial charge in [0.2, 0.25) is 10.0 Å². The first kappa shape index (κ1) is 41.5. The van der Waals surface area contributed by atoms with Crippen LogP contribution in [0.25, 0.3) is 0 Å². The van der Waals surface area contributed by atoms with E-state index in [0.717, 1.165) is 69.4 Å². The van der Waals surface area contributed by atoms with Gasteiger partial charge in [-0.1, -0.05) is 47.5 Å². The molecular weight excluding hydrogens is 826 g/mol. The van der Waals surface area contributed by atoms with Crippen LogP contribution in [0.5, 0.6) is 11.5 Å². The topological polar surface area (TPSA) is 147 Å². The fraction of sp³-hybridized carbons (Fsp3) is 0.375. The van der Waals surface area contributed by atoms with E-state index in [1.54, 1.807) is 0 Å². The van der Waals surface area contributed by atoms with Crippen molar-refractivity contribution in [3.05, 3.63) is 122 Å². The van der Waals surface area contributed by atoms with Crippen LogP contribution in [0.4, 0.5) is 13.2 Å². The number of esters is 2. The lowest BCUT2D eigenvalue weighted by Crippen LogP contribution is -2.52. The molecule has 4 aliphatic rings. The van der Waals surface area contributed by atoms with E-state index in [1.807, 2.05) is 0 Å². The van der Waals surface area contributed by atoms with E-state index < -0.39 is 57.5 Å². The second-order valence-electron chi connectivity index (χ2n) is 14.5. The zero-order chi connectivity index (χ0) is 41.1. The zero-order valence-corrected chi connectivity index (χ0v) is 33.0. The smallest absolute Gasteiger partial charge is 0.387 e. The largest absolute Gasteiger partial charge is 0.619 e. The molecule has 4 fully saturated rings. The average Bonchev–Trinajstić information content (AvgIpc) is 4.03. The van der Waals surface area contributed by atoms with Gasteiger partial charge in [0.15, 0.2) is 23.9 Å². The number of piperidine rings is 3. The summed E-state index contributed by atoms with van der Waals surface area (Å²) in [7, 11) is -4.56. The fourth-order valence-electron chi connectivity index (χ4n) is 7.04. The third-order valence-electron chi connectivity index (χ3n) is 10.4. The number of sulfonamides is 1. The number of pyridine rings is 1. The minimum absolute atomic E-state index is 0.0321. The van der Waals surface area contributed by atoms with Gasteiger partial charge in [-0.3, -0.25) is 4.90 Å². The first-order valence-corrected chi connectivity index (χ1v) is 20.8. The summed E-state index contributed by atoms with van der Waals surface area (Å²) in [4.78, 5) is 29.3. The Morgan fingerprint density at radius 3 is 2.26 bits per heavy atom. The minimum Gasteiger partial charge on any atom is -0.619 e. The Balaban J connectivity index is 1.16. The van der Waals surface area contributed by atoms with Crippen LogP contribution in [0.2, 0.25) is 10.0 Å². The molecule has 18 heteroatoms. The zero-order valence-electron chi connectivity index (χ0n) is 30.7. The lowest BCUT2D eigenvalue weighted by atomic mass is 9.86. The molecule has 3 aromatic carbocycles. The van der Waals surface area contributed by atoms with Crippen LogP contribution in [-0.2, 0) is 30.7 Å². The summed E-state index contributed by atoms with van der Waals surface area (Å²) >= 11 is 12.8. The number of hydrogen-bond acceptors (Lipinski definition) is 10. The van der Waals surface area contributed by atoms with E-state index in [0.29, 0.717) is 11.3 Å². The molecule has 4 aromatic rings. The van der Waals surface area contributed by atoms with E-state index in [4.69, 9.17) is 37.4 Å². The molecule has 0 amide bonds. The molecule has 1 aliphatic carbocycles. The van der Waals surface area contributed by atoms with Crippen molar-refractivity contribution in [3.8, 4) is 11.5 Å². The number of benzene rings is 3. The van der Waals surface area contributed by atoms with Crippen molar-refractivity contribution in [2.24, 2.45) is 11.8 Å². The number of aromatic nitrogens is 1. The van der Waals surface area contributed by atoms with Gasteiger partial charge < -0.3 is 24.2 Å². The Labute approximate surface area is 342 Å².